The van der Waals surface area contributed by atoms with Gasteiger partial charge in [-0.2, -0.15) is 12.6 Å². The average Bonchev–Trinajstić information content (AvgIpc) is 2.71. The second-order valence-electron chi connectivity index (χ2n) is 3.95. The molecule has 16 heavy (non-hydrogen) atoms. The molecule has 1 aromatic rings. The van der Waals surface area contributed by atoms with Crippen molar-refractivity contribution in [2.45, 2.75) is 6.42 Å². The van der Waals surface area contributed by atoms with Gasteiger partial charge in [-0.3, -0.25) is 4.79 Å². The van der Waals surface area contributed by atoms with Crippen LogP contribution in [0.3, 0.4) is 0 Å². The van der Waals surface area contributed by atoms with Crippen LogP contribution in [0.1, 0.15) is 12.0 Å². The Labute approximate surface area is 101 Å². The number of anilines is 1. The Morgan fingerprint density at radius 2 is 2.38 bits per heavy atom. The topological polar surface area (TPSA) is 20.3 Å². The Morgan fingerprint density at radius 1 is 1.56 bits per heavy atom. The second kappa shape index (κ2) is 4.63. The quantitative estimate of drug-likeness (QED) is 0.609. The Balaban J connectivity index is 2.25. The van der Waals surface area contributed by atoms with Gasteiger partial charge in [0.05, 0.1) is 0 Å². The standard InChI is InChI=1S/C13H13NOS/c1-2-10-4-3-5-12(6-10)14-8-11(9-16)7-13(14)15/h1,3-6,11,16H,7-9H2. The zero-order chi connectivity index (χ0) is 11.5. The summed E-state index contributed by atoms with van der Waals surface area (Å²) in [5.74, 6) is 3.84. The van der Waals surface area contributed by atoms with Crippen LogP contribution < -0.4 is 4.90 Å². The van der Waals surface area contributed by atoms with Gasteiger partial charge in [-0.05, 0) is 29.9 Å². The average molecular weight is 231 g/mol. The zero-order valence-electron chi connectivity index (χ0n) is 8.89. The number of nitrogens with zero attached hydrogens (tertiary/aromatic N) is 1. The highest BCUT2D eigenvalue weighted by Crippen LogP contribution is 2.26. The third-order valence-electron chi connectivity index (χ3n) is 2.79. The SMILES string of the molecule is C#Cc1cccc(N2CC(CS)CC2=O)c1. The lowest BCUT2D eigenvalue weighted by Crippen LogP contribution is -2.24. The summed E-state index contributed by atoms with van der Waals surface area (Å²) in [5.41, 5.74) is 1.70. The molecule has 1 amide bonds. The largest absolute Gasteiger partial charge is 0.312 e. The molecule has 1 atom stereocenters. The summed E-state index contributed by atoms with van der Waals surface area (Å²) in [4.78, 5) is 13.6. The minimum Gasteiger partial charge on any atom is -0.312 e. The Morgan fingerprint density at radius 3 is 3.00 bits per heavy atom. The van der Waals surface area contributed by atoms with Crippen LogP contribution in [0.5, 0.6) is 0 Å². The summed E-state index contributed by atoms with van der Waals surface area (Å²) in [5, 5.41) is 0. The van der Waals surface area contributed by atoms with Gasteiger partial charge >= 0.3 is 0 Å². The van der Waals surface area contributed by atoms with Crippen LogP contribution in [0.15, 0.2) is 24.3 Å². The molecule has 1 saturated heterocycles. The highest BCUT2D eigenvalue weighted by molar-refractivity contribution is 7.80. The van der Waals surface area contributed by atoms with E-state index in [0.717, 1.165) is 23.5 Å². The number of benzene rings is 1. The molecule has 0 radical (unpaired) electrons. The fourth-order valence-corrected chi connectivity index (χ4v) is 2.16. The van der Waals surface area contributed by atoms with E-state index in [0.29, 0.717) is 12.3 Å². The molecular weight excluding hydrogens is 218 g/mol. The molecule has 1 aliphatic heterocycles. The summed E-state index contributed by atoms with van der Waals surface area (Å²) in [7, 11) is 0. The van der Waals surface area contributed by atoms with Crippen molar-refractivity contribution in [3.8, 4) is 12.3 Å². The summed E-state index contributed by atoms with van der Waals surface area (Å²) in [6, 6.07) is 7.53. The van der Waals surface area contributed by atoms with Crippen molar-refractivity contribution in [3.05, 3.63) is 29.8 Å². The van der Waals surface area contributed by atoms with Crippen molar-refractivity contribution in [2.24, 2.45) is 5.92 Å². The smallest absolute Gasteiger partial charge is 0.227 e. The molecule has 1 unspecified atom stereocenters. The number of amides is 1. The molecule has 82 valence electrons. The first-order valence-electron chi connectivity index (χ1n) is 5.22. The maximum absolute atomic E-state index is 11.8. The van der Waals surface area contributed by atoms with E-state index >= 15 is 0 Å². The van der Waals surface area contributed by atoms with Crippen molar-refractivity contribution in [1.82, 2.24) is 0 Å². The molecule has 1 aromatic carbocycles. The van der Waals surface area contributed by atoms with Crippen LogP contribution in [0, 0.1) is 18.3 Å². The third-order valence-corrected chi connectivity index (χ3v) is 3.30. The number of thiol groups is 1. The Bertz CT molecular complexity index is 449. The molecule has 0 aliphatic carbocycles. The summed E-state index contributed by atoms with van der Waals surface area (Å²) in [6.07, 6.45) is 5.93. The fraction of sp³-hybridized carbons (Fsp3) is 0.308. The number of carbonyl (C=O) groups is 1. The Hall–Kier alpha value is -1.40. The molecule has 1 aliphatic rings. The molecule has 1 fully saturated rings. The Kier molecular flexibility index (Phi) is 3.21. The molecule has 0 spiro atoms. The number of hydrogen-bond acceptors (Lipinski definition) is 2. The molecule has 0 saturated carbocycles. The monoisotopic (exact) mass is 231 g/mol. The van der Waals surface area contributed by atoms with E-state index < -0.39 is 0 Å². The lowest BCUT2D eigenvalue weighted by Gasteiger charge is -2.16. The molecule has 0 bridgehead atoms. The summed E-state index contributed by atoms with van der Waals surface area (Å²) >= 11 is 4.24. The van der Waals surface area contributed by atoms with Crippen molar-refractivity contribution in [3.63, 3.8) is 0 Å². The van der Waals surface area contributed by atoms with E-state index in [1.54, 1.807) is 4.90 Å². The van der Waals surface area contributed by atoms with E-state index in [4.69, 9.17) is 6.42 Å². The van der Waals surface area contributed by atoms with Crippen molar-refractivity contribution in [1.29, 1.82) is 0 Å². The lowest BCUT2D eigenvalue weighted by molar-refractivity contribution is -0.117. The van der Waals surface area contributed by atoms with Crippen molar-refractivity contribution < 1.29 is 4.79 Å². The maximum Gasteiger partial charge on any atom is 0.227 e. The number of rotatable bonds is 2. The number of hydrogen-bond donors (Lipinski definition) is 1. The van der Waals surface area contributed by atoms with Gasteiger partial charge < -0.3 is 4.90 Å². The minimum absolute atomic E-state index is 0.160. The van der Waals surface area contributed by atoms with E-state index in [2.05, 4.69) is 18.5 Å². The van der Waals surface area contributed by atoms with Crippen LogP contribution in [0.4, 0.5) is 5.69 Å². The van der Waals surface area contributed by atoms with Crippen LogP contribution in [0.25, 0.3) is 0 Å². The highest BCUT2D eigenvalue weighted by Gasteiger charge is 2.29. The van der Waals surface area contributed by atoms with Gasteiger partial charge in [0.25, 0.3) is 0 Å². The van der Waals surface area contributed by atoms with Crippen LogP contribution in [-0.4, -0.2) is 18.2 Å². The molecule has 2 rings (SSSR count). The van der Waals surface area contributed by atoms with E-state index in [1.165, 1.54) is 0 Å². The first kappa shape index (κ1) is 11.1. The first-order chi connectivity index (χ1) is 7.74. The number of terminal acetylenes is 1. The second-order valence-corrected chi connectivity index (χ2v) is 4.32. The third kappa shape index (κ3) is 2.07. The molecule has 3 heteroatoms. The summed E-state index contributed by atoms with van der Waals surface area (Å²) < 4.78 is 0. The van der Waals surface area contributed by atoms with E-state index in [9.17, 15) is 4.79 Å². The molecule has 1 heterocycles. The van der Waals surface area contributed by atoms with Gasteiger partial charge in [-0.15, -0.1) is 6.42 Å². The van der Waals surface area contributed by atoms with E-state index in [1.807, 2.05) is 24.3 Å². The van der Waals surface area contributed by atoms with Crippen LogP contribution in [0.2, 0.25) is 0 Å². The highest BCUT2D eigenvalue weighted by atomic mass is 32.1. The molecule has 2 nitrogen and oxygen atoms in total. The van der Waals surface area contributed by atoms with Crippen molar-refractivity contribution >= 4 is 24.2 Å². The van der Waals surface area contributed by atoms with Gasteiger partial charge in [-0.25, -0.2) is 0 Å². The maximum atomic E-state index is 11.8. The fourth-order valence-electron chi connectivity index (χ4n) is 1.92. The normalized spacial score (nSPS) is 19.9. The van der Waals surface area contributed by atoms with Gasteiger partial charge in [0.1, 0.15) is 0 Å². The van der Waals surface area contributed by atoms with Crippen molar-refractivity contribution in [2.75, 3.05) is 17.2 Å². The lowest BCUT2D eigenvalue weighted by atomic mass is 10.1. The van der Waals surface area contributed by atoms with Gasteiger partial charge in [-0.1, -0.05) is 12.0 Å². The van der Waals surface area contributed by atoms with Crippen LogP contribution >= 0.6 is 12.6 Å². The van der Waals surface area contributed by atoms with E-state index in [-0.39, 0.29) is 5.91 Å². The molecule has 0 aromatic heterocycles. The molecule has 0 N–H and O–H groups in total. The number of carbonyl (C=O) groups excluding carboxylic acids is 1. The summed E-state index contributed by atoms with van der Waals surface area (Å²) in [6.45, 7) is 0.746. The van der Waals surface area contributed by atoms with Gasteiger partial charge in [0.2, 0.25) is 5.91 Å². The predicted molar refractivity (Wildman–Crippen MR) is 68.7 cm³/mol. The zero-order valence-corrected chi connectivity index (χ0v) is 9.78. The molecular formula is C13H13NOS. The van der Waals surface area contributed by atoms with Crippen LogP contribution in [-0.2, 0) is 4.79 Å². The van der Waals surface area contributed by atoms with Gasteiger partial charge in [0, 0.05) is 24.2 Å². The minimum atomic E-state index is 0.160. The first-order valence-corrected chi connectivity index (χ1v) is 5.85. The predicted octanol–water partition coefficient (Wildman–Crippen LogP) is 1.95. The van der Waals surface area contributed by atoms with Gasteiger partial charge in [0.15, 0.2) is 0 Å².